The highest BCUT2D eigenvalue weighted by Gasteiger charge is 2.37. The number of anilines is 3. The molecule has 0 saturated heterocycles. The Morgan fingerprint density at radius 3 is 1.68 bits per heavy atom. The van der Waals surface area contributed by atoms with Crippen molar-refractivity contribution in [3.8, 4) is 34.6 Å². The smallest absolute Gasteiger partial charge is 0.101 e. The number of nitriles is 2. The molecule has 0 N–H and O–H groups in total. The number of fused-ring (bicyclic) bond motifs is 12. The van der Waals surface area contributed by atoms with Gasteiger partial charge in [0.25, 0.3) is 0 Å². The molecule has 0 spiro atoms. The molecule has 2 heterocycles. The van der Waals surface area contributed by atoms with Gasteiger partial charge < -0.3 is 14.0 Å². The van der Waals surface area contributed by atoms with E-state index in [0.29, 0.717) is 22.5 Å². The summed E-state index contributed by atoms with van der Waals surface area (Å²) in [7, 11) is 0. The Morgan fingerprint density at radius 2 is 0.984 bits per heavy atom. The van der Waals surface area contributed by atoms with Crippen molar-refractivity contribution in [3.05, 3.63) is 210 Å². The van der Waals surface area contributed by atoms with Crippen LogP contribution in [0.5, 0.6) is 0 Å². The summed E-state index contributed by atoms with van der Waals surface area (Å²) in [5.41, 5.74) is 14.1. The molecule has 2 aromatic heterocycles. The number of benzene rings is 9. The van der Waals surface area contributed by atoms with Crippen molar-refractivity contribution in [1.29, 1.82) is 10.5 Å². The zero-order valence-corrected chi connectivity index (χ0v) is 34.1. The minimum Gasteiger partial charge on any atom is -0.310 e. The van der Waals surface area contributed by atoms with Crippen molar-refractivity contribution < 1.29 is 0 Å². The molecular formula is C57H37N5. The quantitative estimate of drug-likeness (QED) is 0.174. The van der Waals surface area contributed by atoms with E-state index in [9.17, 15) is 10.5 Å². The Labute approximate surface area is 358 Å². The van der Waals surface area contributed by atoms with Crippen LogP contribution in [0.25, 0.3) is 76.9 Å². The van der Waals surface area contributed by atoms with Gasteiger partial charge >= 0.3 is 0 Å². The highest BCUT2D eigenvalue weighted by atomic mass is 15.1. The summed E-state index contributed by atoms with van der Waals surface area (Å²) in [4.78, 5) is 2.29. The van der Waals surface area contributed by atoms with Crippen molar-refractivity contribution in [2.45, 2.75) is 19.3 Å². The molecule has 12 rings (SSSR count). The molecule has 1 aliphatic carbocycles. The van der Waals surface area contributed by atoms with Gasteiger partial charge in [-0.1, -0.05) is 129 Å². The zero-order chi connectivity index (χ0) is 41.7. The molecule has 5 heteroatoms. The molecular weight excluding hydrogens is 755 g/mol. The topological polar surface area (TPSA) is 60.7 Å². The lowest BCUT2D eigenvalue weighted by Gasteiger charge is -2.25. The summed E-state index contributed by atoms with van der Waals surface area (Å²) in [6, 6.07) is 70.9. The summed E-state index contributed by atoms with van der Waals surface area (Å²) in [6.45, 7) is 4.62. The SMILES string of the molecule is CC1(C)c2ccccc2-c2c1ccc1c2c2cc(N(c3ccccc3)c3ccccc3)ccc2n1-c1cc(C#N)c(-n2c3ccccc3c3c4ccccc4ccc32)cc1C#N. The Hall–Kier alpha value is -8.38. The van der Waals surface area contributed by atoms with E-state index in [1.165, 1.54) is 22.3 Å². The van der Waals surface area contributed by atoms with E-state index in [2.05, 4.69) is 198 Å². The van der Waals surface area contributed by atoms with E-state index in [1.54, 1.807) is 0 Å². The summed E-state index contributed by atoms with van der Waals surface area (Å²) in [5, 5.41) is 29.0. The normalized spacial score (nSPS) is 12.8. The van der Waals surface area contributed by atoms with Crippen LogP contribution in [-0.2, 0) is 5.41 Å². The predicted molar refractivity (Wildman–Crippen MR) is 254 cm³/mol. The third kappa shape index (κ3) is 4.94. The van der Waals surface area contributed by atoms with Gasteiger partial charge in [-0.3, -0.25) is 0 Å². The number of rotatable bonds is 5. The van der Waals surface area contributed by atoms with E-state index in [-0.39, 0.29) is 5.41 Å². The van der Waals surface area contributed by atoms with E-state index >= 15 is 0 Å². The fourth-order valence-electron chi connectivity index (χ4n) is 10.4. The standard InChI is InChI=1S/C57H37N5/c1-57(2)46-23-13-11-21-43(46)55-47(57)27-30-51-56(55)45-33-41(60(39-16-5-3-6-17-39)40-18-7-4-8-19-40)26-29-49(45)62(51)53-32-37(34-58)52(31-38(53)35-59)61-48-24-14-12-22-44(48)54-42-20-10-9-15-36(42)25-28-50(54)61/h3-33H,1-2H3. The molecule has 0 radical (unpaired) electrons. The molecule has 5 nitrogen and oxygen atoms in total. The van der Waals surface area contributed by atoms with Crippen molar-refractivity contribution in [1.82, 2.24) is 9.13 Å². The van der Waals surface area contributed by atoms with Gasteiger partial charge in [0.1, 0.15) is 12.1 Å². The van der Waals surface area contributed by atoms with Gasteiger partial charge in [-0.25, -0.2) is 0 Å². The summed E-state index contributed by atoms with van der Waals surface area (Å²) in [5.74, 6) is 0. The highest BCUT2D eigenvalue weighted by Crippen LogP contribution is 2.54. The van der Waals surface area contributed by atoms with Gasteiger partial charge in [0.15, 0.2) is 0 Å². The number of nitrogens with zero attached hydrogens (tertiary/aromatic N) is 5. The van der Waals surface area contributed by atoms with Crippen molar-refractivity contribution in [2.75, 3.05) is 4.90 Å². The van der Waals surface area contributed by atoms with Crippen LogP contribution in [0.2, 0.25) is 0 Å². The molecule has 0 unspecified atom stereocenters. The van der Waals surface area contributed by atoms with Crippen LogP contribution >= 0.6 is 0 Å². The summed E-state index contributed by atoms with van der Waals surface area (Å²) < 4.78 is 4.37. The molecule has 0 aliphatic heterocycles. The zero-order valence-electron chi connectivity index (χ0n) is 34.1. The molecule has 62 heavy (non-hydrogen) atoms. The van der Waals surface area contributed by atoms with Gasteiger partial charge in [-0.15, -0.1) is 0 Å². The van der Waals surface area contributed by atoms with Crippen LogP contribution in [0.3, 0.4) is 0 Å². The minimum absolute atomic E-state index is 0.215. The van der Waals surface area contributed by atoms with E-state index in [1.807, 2.05) is 30.3 Å². The van der Waals surface area contributed by atoms with E-state index in [4.69, 9.17) is 0 Å². The van der Waals surface area contributed by atoms with Crippen LogP contribution in [-0.4, -0.2) is 9.13 Å². The highest BCUT2D eigenvalue weighted by molar-refractivity contribution is 6.22. The average molecular weight is 792 g/mol. The molecule has 1 aliphatic rings. The minimum atomic E-state index is -0.215. The van der Waals surface area contributed by atoms with Crippen molar-refractivity contribution in [2.24, 2.45) is 0 Å². The number of hydrogen-bond acceptors (Lipinski definition) is 3. The van der Waals surface area contributed by atoms with Gasteiger partial charge in [0, 0.05) is 44.0 Å². The maximum absolute atomic E-state index is 11.2. The lowest BCUT2D eigenvalue weighted by molar-refractivity contribution is 0.661. The second-order valence-electron chi connectivity index (χ2n) is 16.7. The number of para-hydroxylation sites is 3. The lowest BCUT2D eigenvalue weighted by atomic mass is 9.82. The molecule has 0 saturated carbocycles. The third-order valence-electron chi connectivity index (χ3n) is 13.1. The monoisotopic (exact) mass is 791 g/mol. The molecule has 9 aromatic carbocycles. The van der Waals surface area contributed by atoms with Gasteiger partial charge in [-0.05, 0) is 106 Å². The Kier molecular flexibility index (Phi) is 7.64. The first-order valence-corrected chi connectivity index (χ1v) is 21.0. The molecule has 0 amide bonds. The molecule has 290 valence electrons. The van der Waals surface area contributed by atoms with Gasteiger partial charge in [0.05, 0.1) is 44.6 Å². The van der Waals surface area contributed by atoms with Crippen LogP contribution in [0.4, 0.5) is 17.1 Å². The second-order valence-corrected chi connectivity index (χ2v) is 16.7. The van der Waals surface area contributed by atoms with Crippen LogP contribution in [0, 0.1) is 22.7 Å². The fourth-order valence-corrected chi connectivity index (χ4v) is 10.4. The largest absolute Gasteiger partial charge is 0.310 e. The number of aromatic nitrogens is 2. The predicted octanol–water partition coefficient (Wildman–Crippen LogP) is 14.6. The van der Waals surface area contributed by atoms with Crippen molar-refractivity contribution in [3.63, 3.8) is 0 Å². The molecule has 0 fully saturated rings. The molecule has 0 atom stereocenters. The molecule has 0 bridgehead atoms. The fraction of sp³-hybridized carbons (Fsp3) is 0.0526. The van der Waals surface area contributed by atoms with Gasteiger partial charge in [-0.2, -0.15) is 10.5 Å². The van der Waals surface area contributed by atoms with E-state index in [0.717, 1.165) is 71.4 Å². The first-order chi connectivity index (χ1) is 30.5. The van der Waals surface area contributed by atoms with Crippen molar-refractivity contribution >= 4 is 71.4 Å². The Bertz CT molecular complexity index is 3700. The molecule has 11 aromatic rings. The third-order valence-corrected chi connectivity index (χ3v) is 13.1. The van der Waals surface area contributed by atoms with E-state index < -0.39 is 0 Å². The lowest BCUT2D eigenvalue weighted by Crippen LogP contribution is -2.14. The van der Waals surface area contributed by atoms with Gasteiger partial charge in [0.2, 0.25) is 0 Å². The van der Waals surface area contributed by atoms with Crippen LogP contribution < -0.4 is 4.90 Å². The van der Waals surface area contributed by atoms with Crippen LogP contribution in [0.1, 0.15) is 36.1 Å². The maximum atomic E-state index is 11.2. The Morgan fingerprint density at radius 1 is 0.435 bits per heavy atom. The Balaban J connectivity index is 1.17. The first kappa shape index (κ1) is 35.6. The number of hydrogen-bond donors (Lipinski definition) is 0. The maximum Gasteiger partial charge on any atom is 0.101 e. The first-order valence-electron chi connectivity index (χ1n) is 21.0. The second kappa shape index (κ2) is 13.3. The summed E-state index contributed by atoms with van der Waals surface area (Å²) >= 11 is 0. The van der Waals surface area contributed by atoms with Crippen LogP contribution in [0.15, 0.2) is 188 Å². The summed E-state index contributed by atoms with van der Waals surface area (Å²) in [6.07, 6.45) is 0. The average Bonchev–Trinajstić information content (AvgIpc) is 3.92.